The third-order valence-electron chi connectivity index (χ3n) is 2.67. The average Bonchev–Trinajstić information content (AvgIpc) is 2.26. The summed E-state index contributed by atoms with van der Waals surface area (Å²) in [5.74, 6) is 0.872. The van der Waals surface area contributed by atoms with Gasteiger partial charge >= 0.3 is 0 Å². The average molecular weight is 215 g/mol. The lowest BCUT2D eigenvalue weighted by Gasteiger charge is -2.31. The fraction of sp³-hybridized carbons (Fsp3) is 0.900. The van der Waals surface area contributed by atoms with Crippen LogP contribution in [0.25, 0.3) is 0 Å². The highest BCUT2D eigenvalue weighted by atomic mass is 16.5. The number of hydrogen-bond acceptors (Lipinski definition) is 4. The molecule has 0 saturated carbocycles. The first kappa shape index (κ1) is 12.3. The molecule has 1 aliphatic rings. The predicted octanol–water partition coefficient (Wildman–Crippen LogP) is 0.481. The van der Waals surface area contributed by atoms with Crippen molar-refractivity contribution in [2.45, 2.75) is 19.8 Å². The second kappa shape index (κ2) is 6.63. The molecule has 0 aromatic rings. The molecule has 0 amide bonds. The lowest BCUT2D eigenvalue weighted by molar-refractivity contribution is 0.0717. The SMILES string of the molecule is CCOC[C@H]1CCCN(CC(N)=NO)C1. The van der Waals surface area contributed by atoms with Gasteiger partial charge in [-0.1, -0.05) is 5.16 Å². The highest BCUT2D eigenvalue weighted by Crippen LogP contribution is 2.16. The van der Waals surface area contributed by atoms with E-state index in [1.165, 1.54) is 6.42 Å². The topological polar surface area (TPSA) is 71.1 Å². The van der Waals surface area contributed by atoms with Crippen molar-refractivity contribution < 1.29 is 9.94 Å². The molecule has 1 aliphatic heterocycles. The largest absolute Gasteiger partial charge is 0.409 e. The van der Waals surface area contributed by atoms with Crippen LogP contribution in [0.2, 0.25) is 0 Å². The molecule has 0 aromatic carbocycles. The summed E-state index contributed by atoms with van der Waals surface area (Å²) in [4.78, 5) is 2.21. The van der Waals surface area contributed by atoms with Crippen molar-refractivity contribution in [3.05, 3.63) is 0 Å². The monoisotopic (exact) mass is 215 g/mol. The van der Waals surface area contributed by atoms with Crippen LogP contribution >= 0.6 is 0 Å². The van der Waals surface area contributed by atoms with E-state index in [1.807, 2.05) is 6.92 Å². The van der Waals surface area contributed by atoms with Crippen LogP contribution in [0.5, 0.6) is 0 Å². The van der Waals surface area contributed by atoms with E-state index >= 15 is 0 Å². The van der Waals surface area contributed by atoms with Gasteiger partial charge in [0.1, 0.15) is 0 Å². The normalized spacial score (nSPS) is 24.3. The smallest absolute Gasteiger partial charge is 0.153 e. The first-order valence-corrected chi connectivity index (χ1v) is 5.52. The molecule has 0 radical (unpaired) electrons. The van der Waals surface area contributed by atoms with Crippen LogP contribution in [-0.2, 0) is 4.74 Å². The fourth-order valence-electron chi connectivity index (χ4n) is 1.98. The standard InChI is InChI=1S/C10H21N3O2/c1-2-15-8-9-4-3-5-13(6-9)7-10(11)12-14/h9,14H,2-8H2,1H3,(H2,11,12)/t9-/m0/s1. The number of piperidine rings is 1. The van der Waals surface area contributed by atoms with Crippen molar-refractivity contribution in [2.24, 2.45) is 16.8 Å². The molecule has 1 heterocycles. The van der Waals surface area contributed by atoms with E-state index in [4.69, 9.17) is 15.7 Å². The van der Waals surface area contributed by atoms with E-state index < -0.39 is 0 Å². The molecule has 5 heteroatoms. The van der Waals surface area contributed by atoms with Crippen molar-refractivity contribution in [1.29, 1.82) is 0 Å². The number of hydrogen-bond donors (Lipinski definition) is 2. The molecule has 1 atom stereocenters. The number of ether oxygens (including phenoxy) is 1. The lowest BCUT2D eigenvalue weighted by atomic mass is 9.99. The maximum absolute atomic E-state index is 8.48. The second-order valence-corrected chi connectivity index (χ2v) is 3.99. The van der Waals surface area contributed by atoms with Crippen LogP contribution in [0.1, 0.15) is 19.8 Å². The number of oxime groups is 1. The van der Waals surface area contributed by atoms with Crippen molar-refractivity contribution in [1.82, 2.24) is 4.90 Å². The van der Waals surface area contributed by atoms with Gasteiger partial charge in [-0.2, -0.15) is 0 Å². The minimum absolute atomic E-state index is 0.284. The fourth-order valence-corrected chi connectivity index (χ4v) is 1.98. The van der Waals surface area contributed by atoms with Gasteiger partial charge in [-0.3, -0.25) is 4.90 Å². The van der Waals surface area contributed by atoms with E-state index in [2.05, 4.69) is 10.1 Å². The van der Waals surface area contributed by atoms with Crippen LogP contribution in [0, 0.1) is 5.92 Å². The number of rotatable bonds is 5. The number of likely N-dealkylation sites (tertiary alicyclic amines) is 1. The molecule has 0 spiro atoms. The number of nitrogens with two attached hydrogens (primary N) is 1. The molecule has 5 nitrogen and oxygen atoms in total. The van der Waals surface area contributed by atoms with Crippen LogP contribution in [0.4, 0.5) is 0 Å². The maximum atomic E-state index is 8.48. The molecular weight excluding hydrogens is 194 g/mol. The number of amidine groups is 1. The molecule has 1 saturated heterocycles. The molecular formula is C10H21N3O2. The zero-order valence-corrected chi connectivity index (χ0v) is 9.35. The molecule has 0 unspecified atom stereocenters. The minimum atomic E-state index is 0.284. The van der Waals surface area contributed by atoms with E-state index in [1.54, 1.807) is 0 Å². The lowest BCUT2D eigenvalue weighted by Crippen LogP contribution is -2.42. The molecule has 1 rings (SSSR count). The van der Waals surface area contributed by atoms with Gasteiger partial charge in [-0.15, -0.1) is 0 Å². The summed E-state index contributed by atoms with van der Waals surface area (Å²) >= 11 is 0. The van der Waals surface area contributed by atoms with Crippen LogP contribution in [0.15, 0.2) is 5.16 Å². The summed E-state index contributed by atoms with van der Waals surface area (Å²) in [6, 6.07) is 0. The highest BCUT2D eigenvalue weighted by Gasteiger charge is 2.20. The Hall–Kier alpha value is -0.810. The Balaban J connectivity index is 2.28. The summed E-state index contributed by atoms with van der Waals surface area (Å²) < 4.78 is 5.42. The minimum Gasteiger partial charge on any atom is -0.409 e. The predicted molar refractivity (Wildman–Crippen MR) is 59.1 cm³/mol. The van der Waals surface area contributed by atoms with Gasteiger partial charge in [0.05, 0.1) is 13.2 Å². The second-order valence-electron chi connectivity index (χ2n) is 3.99. The molecule has 0 aromatic heterocycles. The Morgan fingerprint density at radius 1 is 1.67 bits per heavy atom. The first-order valence-electron chi connectivity index (χ1n) is 5.52. The summed E-state index contributed by atoms with van der Waals surface area (Å²) in [5, 5.41) is 11.5. The van der Waals surface area contributed by atoms with Crippen molar-refractivity contribution in [3.8, 4) is 0 Å². The van der Waals surface area contributed by atoms with Gasteiger partial charge in [0, 0.05) is 13.2 Å². The van der Waals surface area contributed by atoms with E-state index in [-0.39, 0.29) is 5.84 Å². The summed E-state index contributed by atoms with van der Waals surface area (Å²) in [7, 11) is 0. The summed E-state index contributed by atoms with van der Waals surface area (Å²) in [6.45, 7) is 6.17. The Labute approximate surface area is 90.9 Å². The highest BCUT2D eigenvalue weighted by molar-refractivity contribution is 5.81. The van der Waals surface area contributed by atoms with Gasteiger partial charge in [0.15, 0.2) is 5.84 Å². The molecule has 88 valence electrons. The zero-order chi connectivity index (χ0) is 11.1. The zero-order valence-electron chi connectivity index (χ0n) is 9.35. The van der Waals surface area contributed by atoms with Crippen molar-refractivity contribution in [2.75, 3.05) is 32.8 Å². The van der Waals surface area contributed by atoms with Crippen LogP contribution in [-0.4, -0.2) is 48.8 Å². The third kappa shape index (κ3) is 4.48. The van der Waals surface area contributed by atoms with Crippen molar-refractivity contribution >= 4 is 5.84 Å². The van der Waals surface area contributed by atoms with E-state index in [0.717, 1.165) is 32.7 Å². The van der Waals surface area contributed by atoms with Crippen molar-refractivity contribution in [3.63, 3.8) is 0 Å². The molecule has 3 N–H and O–H groups in total. The molecule has 1 fully saturated rings. The third-order valence-corrected chi connectivity index (χ3v) is 2.67. The van der Waals surface area contributed by atoms with Gasteiger partial charge < -0.3 is 15.7 Å². The Kier molecular flexibility index (Phi) is 5.42. The van der Waals surface area contributed by atoms with Gasteiger partial charge in [-0.25, -0.2) is 0 Å². The van der Waals surface area contributed by atoms with E-state index in [9.17, 15) is 0 Å². The van der Waals surface area contributed by atoms with Crippen LogP contribution < -0.4 is 5.73 Å². The Bertz CT molecular complexity index is 209. The van der Waals surface area contributed by atoms with Gasteiger partial charge in [0.25, 0.3) is 0 Å². The summed E-state index contributed by atoms with van der Waals surface area (Å²) in [5.41, 5.74) is 5.48. The van der Waals surface area contributed by atoms with E-state index in [0.29, 0.717) is 12.5 Å². The van der Waals surface area contributed by atoms with Crippen LogP contribution in [0.3, 0.4) is 0 Å². The quantitative estimate of drug-likeness (QED) is 0.303. The Morgan fingerprint density at radius 2 is 2.47 bits per heavy atom. The first-order chi connectivity index (χ1) is 7.26. The molecule has 0 aliphatic carbocycles. The molecule has 15 heavy (non-hydrogen) atoms. The summed E-state index contributed by atoms with van der Waals surface area (Å²) in [6.07, 6.45) is 2.38. The van der Waals surface area contributed by atoms with Gasteiger partial charge in [-0.05, 0) is 32.2 Å². The number of nitrogens with zero attached hydrogens (tertiary/aromatic N) is 2. The van der Waals surface area contributed by atoms with Gasteiger partial charge in [0.2, 0.25) is 0 Å². The molecule has 0 bridgehead atoms. The maximum Gasteiger partial charge on any atom is 0.153 e. The Morgan fingerprint density at radius 3 is 3.13 bits per heavy atom.